The van der Waals surface area contributed by atoms with Gasteiger partial charge in [-0.25, -0.2) is 0 Å². The number of benzene rings is 1. The van der Waals surface area contributed by atoms with Crippen molar-refractivity contribution in [2.24, 2.45) is 5.92 Å². The van der Waals surface area contributed by atoms with Crippen molar-refractivity contribution in [2.45, 2.75) is 59.5 Å². The molecule has 0 aliphatic heterocycles. The lowest BCUT2D eigenvalue weighted by Gasteiger charge is -2.17. The maximum Gasteiger partial charge on any atom is 0.133 e. The molecule has 148 valence electrons. The Balaban J connectivity index is -0.000000451. The average molecular weight is 357 g/mol. The highest BCUT2D eigenvalue weighted by Crippen LogP contribution is 2.16. The number of carbonyl (C=O) groups is 1. The molecule has 25 heavy (non-hydrogen) atoms. The van der Waals surface area contributed by atoms with E-state index >= 15 is 0 Å². The third-order valence-corrected chi connectivity index (χ3v) is 2.93. The fraction of sp³-hybridized carbons (Fsp3) is 0.667. The Bertz CT molecular complexity index is 361. The van der Waals surface area contributed by atoms with Crippen LogP contribution in [0.3, 0.4) is 0 Å². The monoisotopic (exact) mass is 356 g/mol. The van der Waals surface area contributed by atoms with Crippen molar-refractivity contribution < 1.29 is 19.4 Å². The van der Waals surface area contributed by atoms with E-state index in [1.54, 1.807) is 35.4 Å². The van der Waals surface area contributed by atoms with E-state index in [1.807, 2.05) is 37.3 Å². The molecule has 1 aromatic carbocycles. The first-order chi connectivity index (χ1) is 11.9. The van der Waals surface area contributed by atoms with Gasteiger partial charge in [0.25, 0.3) is 0 Å². The number of Topliss-reactive ketones (excluding diaryl/α,β-unsaturated/α-hetero) is 1. The number of rotatable bonds is 6. The smallest absolute Gasteiger partial charge is 0.133 e. The van der Waals surface area contributed by atoms with Crippen LogP contribution in [0.4, 0.5) is 0 Å². The van der Waals surface area contributed by atoms with Crippen LogP contribution in [0.5, 0.6) is 0 Å². The molecular formula is C21H40O4. The molecule has 0 radical (unpaired) electrons. The Morgan fingerprint density at radius 3 is 1.72 bits per heavy atom. The minimum absolute atomic E-state index is 0.0580. The number of aliphatic hydroxyl groups is 1. The average Bonchev–Trinajstić information content (AvgIpc) is 2.57. The molecular weight excluding hydrogens is 316 g/mol. The van der Waals surface area contributed by atoms with Crippen molar-refractivity contribution in [3.8, 4) is 0 Å². The summed E-state index contributed by atoms with van der Waals surface area (Å²) in [6.07, 6.45) is 2.89. The van der Waals surface area contributed by atoms with E-state index in [9.17, 15) is 9.90 Å². The maximum absolute atomic E-state index is 11.5. The van der Waals surface area contributed by atoms with E-state index in [4.69, 9.17) is 0 Å². The SMILES string of the molecule is CCC.CC[C@@H](O)C[C@@H](Cc1ccccc1)C(C)=O.COC.COC. The first kappa shape index (κ1) is 28.6. The molecule has 0 unspecified atom stereocenters. The van der Waals surface area contributed by atoms with Gasteiger partial charge in [-0.15, -0.1) is 0 Å². The lowest BCUT2D eigenvalue weighted by Crippen LogP contribution is -2.20. The summed E-state index contributed by atoms with van der Waals surface area (Å²) in [4.78, 5) is 11.5. The van der Waals surface area contributed by atoms with Gasteiger partial charge in [-0.3, -0.25) is 4.79 Å². The van der Waals surface area contributed by atoms with Gasteiger partial charge in [-0.1, -0.05) is 57.5 Å². The summed E-state index contributed by atoms with van der Waals surface area (Å²) >= 11 is 0. The Morgan fingerprint density at radius 2 is 1.40 bits per heavy atom. The van der Waals surface area contributed by atoms with Crippen LogP contribution in [0.15, 0.2) is 30.3 Å². The summed E-state index contributed by atoms with van der Waals surface area (Å²) in [5.74, 6) is 0.105. The number of hydrogen-bond donors (Lipinski definition) is 1. The van der Waals surface area contributed by atoms with Gasteiger partial charge in [-0.05, 0) is 31.7 Å². The van der Waals surface area contributed by atoms with Crippen LogP contribution in [0.2, 0.25) is 0 Å². The molecule has 2 atom stereocenters. The zero-order chi connectivity index (χ0) is 20.1. The molecule has 0 spiro atoms. The summed E-state index contributed by atoms with van der Waals surface area (Å²) in [5, 5.41) is 9.60. The summed E-state index contributed by atoms with van der Waals surface area (Å²) in [7, 11) is 6.50. The second-order valence-corrected chi connectivity index (χ2v) is 5.82. The molecule has 0 saturated heterocycles. The Morgan fingerprint density at radius 1 is 1.00 bits per heavy atom. The predicted molar refractivity (Wildman–Crippen MR) is 107 cm³/mol. The van der Waals surface area contributed by atoms with Gasteiger partial charge in [0.1, 0.15) is 5.78 Å². The third-order valence-electron chi connectivity index (χ3n) is 2.93. The third kappa shape index (κ3) is 22.8. The number of carbonyl (C=O) groups excluding carboxylic acids is 1. The molecule has 0 fully saturated rings. The topological polar surface area (TPSA) is 55.8 Å². The highest BCUT2D eigenvalue weighted by atomic mass is 16.5. The molecule has 1 N–H and O–H groups in total. The number of methoxy groups -OCH3 is 2. The largest absolute Gasteiger partial charge is 0.393 e. The first-order valence-electron chi connectivity index (χ1n) is 8.90. The number of aliphatic hydroxyl groups excluding tert-OH is 1. The van der Waals surface area contributed by atoms with E-state index in [0.717, 1.165) is 12.0 Å². The van der Waals surface area contributed by atoms with Gasteiger partial charge in [0.05, 0.1) is 6.10 Å². The number of ether oxygens (including phenoxy) is 2. The van der Waals surface area contributed by atoms with Gasteiger partial charge in [0.15, 0.2) is 0 Å². The Labute approximate surface area is 155 Å². The van der Waals surface area contributed by atoms with Gasteiger partial charge >= 0.3 is 0 Å². The summed E-state index contributed by atoms with van der Waals surface area (Å²) in [6, 6.07) is 9.96. The molecule has 1 aromatic rings. The van der Waals surface area contributed by atoms with Crippen LogP contribution in [0, 0.1) is 5.92 Å². The van der Waals surface area contributed by atoms with Crippen LogP contribution < -0.4 is 0 Å². The molecule has 0 amide bonds. The molecule has 4 heteroatoms. The minimum Gasteiger partial charge on any atom is -0.393 e. The van der Waals surface area contributed by atoms with Crippen LogP contribution >= 0.6 is 0 Å². The van der Waals surface area contributed by atoms with E-state index < -0.39 is 0 Å². The Kier molecular flexibility index (Phi) is 26.0. The first-order valence-corrected chi connectivity index (χ1v) is 8.90. The van der Waals surface area contributed by atoms with Gasteiger partial charge in [0.2, 0.25) is 0 Å². The molecule has 0 aliphatic carbocycles. The van der Waals surface area contributed by atoms with Gasteiger partial charge < -0.3 is 14.6 Å². The minimum atomic E-state index is -0.363. The van der Waals surface area contributed by atoms with Crippen LogP contribution in [-0.4, -0.2) is 45.4 Å². The summed E-state index contributed by atoms with van der Waals surface area (Å²) < 4.78 is 8.50. The molecule has 0 aromatic heterocycles. The summed E-state index contributed by atoms with van der Waals surface area (Å²) in [6.45, 7) is 7.79. The normalized spacial score (nSPS) is 11.4. The van der Waals surface area contributed by atoms with Crippen LogP contribution in [-0.2, 0) is 20.7 Å². The standard InChI is InChI=1S/C14H20O2.C3H8.2C2H6O/c1-3-14(16)10-13(11(2)15)9-12-7-5-4-6-8-12;3*1-3-2/h4-8,13-14,16H,3,9-10H2,1-2H3;3H2,1-2H3;2*1-2H3/t13-,14-;;;/m1.../s1. The fourth-order valence-electron chi connectivity index (χ4n) is 1.79. The van der Waals surface area contributed by atoms with E-state index in [2.05, 4.69) is 23.3 Å². The van der Waals surface area contributed by atoms with Crippen LogP contribution in [0.1, 0.15) is 52.5 Å². The highest BCUT2D eigenvalue weighted by molar-refractivity contribution is 5.78. The number of ketones is 1. The second kappa shape index (κ2) is 22.8. The van der Waals surface area contributed by atoms with E-state index in [0.29, 0.717) is 12.8 Å². The molecule has 0 aliphatic rings. The number of hydrogen-bond acceptors (Lipinski definition) is 4. The van der Waals surface area contributed by atoms with E-state index in [1.165, 1.54) is 6.42 Å². The molecule has 0 bridgehead atoms. The maximum atomic E-state index is 11.5. The lowest BCUT2D eigenvalue weighted by molar-refractivity contribution is -0.121. The molecule has 4 nitrogen and oxygen atoms in total. The zero-order valence-corrected chi connectivity index (χ0v) is 17.5. The lowest BCUT2D eigenvalue weighted by atomic mass is 9.90. The van der Waals surface area contributed by atoms with Gasteiger partial charge in [0, 0.05) is 34.4 Å². The van der Waals surface area contributed by atoms with Crippen molar-refractivity contribution in [3.63, 3.8) is 0 Å². The molecule has 0 heterocycles. The Hall–Kier alpha value is -1.23. The van der Waals surface area contributed by atoms with Crippen molar-refractivity contribution in [1.29, 1.82) is 0 Å². The van der Waals surface area contributed by atoms with Crippen LogP contribution in [0.25, 0.3) is 0 Å². The van der Waals surface area contributed by atoms with Gasteiger partial charge in [-0.2, -0.15) is 0 Å². The molecule has 0 saturated carbocycles. The summed E-state index contributed by atoms with van der Waals surface area (Å²) in [5.41, 5.74) is 1.16. The van der Waals surface area contributed by atoms with E-state index in [-0.39, 0.29) is 17.8 Å². The quantitative estimate of drug-likeness (QED) is 0.813. The van der Waals surface area contributed by atoms with Crippen molar-refractivity contribution >= 4 is 5.78 Å². The zero-order valence-electron chi connectivity index (χ0n) is 17.5. The molecule has 1 rings (SSSR count). The predicted octanol–water partition coefficient (Wildman–Crippen LogP) is 4.54. The fourth-order valence-corrected chi connectivity index (χ4v) is 1.79. The van der Waals surface area contributed by atoms with Crippen molar-refractivity contribution in [3.05, 3.63) is 35.9 Å². The van der Waals surface area contributed by atoms with Crippen molar-refractivity contribution in [2.75, 3.05) is 28.4 Å². The highest BCUT2D eigenvalue weighted by Gasteiger charge is 2.18. The van der Waals surface area contributed by atoms with Crippen molar-refractivity contribution in [1.82, 2.24) is 0 Å². The second-order valence-electron chi connectivity index (χ2n) is 5.82.